The number of para-hydroxylation sites is 1. The fraction of sp³-hybridized carbons (Fsp3) is 0.412. The highest BCUT2D eigenvalue weighted by atomic mass is 16.6. The van der Waals surface area contributed by atoms with Crippen LogP contribution in [0, 0.1) is 0 Å². The summed E-state index contributed by atoms with van der Waals surface area (Å²) in [6, 6.07) is 9.59. The first-order valence-electron chi connectivity index (χ1n) is 7.26. The molecule has 118 valence electrons. The number of hydrogen-bond donors (Lipinski definition) is 1. The fourth-order valence-corrected chi connectivity index (χ4v) is 2.29. The van der Waals surface area contributed by atoms with Gasteiger partial charge in [0.1, 0.15) is 11.3 Å². The molecule has 0 radical (unpaired) electrons. The normalized spacial score (nSPS) is 12.9. The van der Waals surface area contributed by atoms with Gasteiger partial charge in [0, 0.05) is 24.8 Å². The molecule has 5 nitrogen and oxygen atoms in total. The number of esters is 1. The molecule has 0 aliphatic heterocycles. The lowest BCUT2D eigenvalue weighted by atomic mass is 10.1. The molecule has 22 heavy (non-hydrogen) atoms. The lowest BCUT2D eigenvalue weighted by Gasteiger charge is -2.25. The molecule has 1 atom stereocenters. The summed E-state index contributed by atoms with van der Waals surface area (Å²) in [4.78, 5) is 23.2. The fourth-order valence-electron chi connectivity index (χ4n) is 2.29. The van der Waals surface area contributed by atoms with E-state index in [0.717, 1.165) is 16.7 Å². The Bertz CT molecular complexity index is 654. The van der Waals surface area contributed by atoms with Gasteiger partial charge in [0.25, 0.3) is 5.91 Å². The van der Waals surface area contributed by atoms with Gasteiger partial charge in [0.2, 0.25) is 0 Å². The molecule has 1 aromatic heterocycles. The summed E-state index contributed by atoms with van der Waals surface area (Å²) in [5.74, 6) is -0.00399. The third-order valence-electron chi connectivity index (χ3n) is 3.31. The topological polar surface area (TPSA) is 68.5 Å². The summed E-state index contributed by atoms with van der Waals surface area (Å²) in [6.07, 6.45) is 0.566. The van der Waals surface area contributed by atoms with Crippen molar-refractivity contribution in [3.8, 4) is 0 Å². The van der Waals surface area contributed by atoms with Crippen molar-refractivity contribution in [1.29, 1.82) is 0 Å². The minimum Gasteiger partial charge on any atom is -0.461 e. The summed E-state index contributed by atoms with van der Waals surface area (Å²) in [6.45, 7) is 6.30. The quantitative estimate of drug-likeness (QED) is 0.862. The second kappa shape index (κ2) is 6.22. The maximum atomic E-state index is 12.2. The van der Waals surface area contributed by atoms with Crippen LogP contribution in [0.15, 0.2) is 34.7 Å². The van der Waals surface area contributed by atoms with Crippen LogP contribution < -0.4 is 5.32 Å². The minimum atomic E-state index is -1.19. The molecular weight excluding hydrogens is 282 g/mol. The van der Waals surface area contributed by atoms with E-state index in [4.69, 9.17) is 9.15 Å². The van der Waals surface area contributed by atoms with Crippen LogP contribution in [0.1, 0.15) is 33.5 Å². The van der Waals surface area contributed by atoms with Gasteiger partial charge in [-0.25, -0.2) is 0 Å². The summed E-state index contributed by atoms with van der Waals surface area (Å²) in [7, 11) is 0. The number of nitrogens with one attached hydrogen (secondary N) is 1. The highest BCUT2D eigenvalue weighted by Crippen LogP contribution is 2.20. The molecule has 1 heterocycles. The Morgan fingerprint density at radius 1 is 1.32 bits per heavy atom. The number of amides is 1. The standard InChI is InChI=1S/C17H21NO4/c1-11(18-16(20)17(3,4)22-12(2)19)9-14-10-13-7-5-6-8-15(13)21-14/h5-8,10-11H,9H2,1-4H3,(H,18,20). The molecule has 0 fully saturated rings. The first kappa shape index (κ1) is 16.1. The average molecular weight is 303 g/mol. The molecule has 2 aromatic rings. The molecular formula is C17H21NO4. The van der Waals surface area contributed by atoms with Gasteiger partial charge in [-0.2, -0.15) is 0 Å². The summed E-state index contributed by atoms with van der Waals surface area (Å²) in [5, 5.41) is 3.88. The Morgan fingerprint density at radius 3 is 2.64 bits per heavy atom. The second-order valence-electron chi connectivity index (χ2n) is 5.93. The molecule has 1 unspecified atom stereocenters. The predicted molar refractivity (Wildman–Crippen MR) is 83.4 cm³/mol. The van der Waals surface area contributed by atoms with Crippen LogP contribution in [-0.4, -0.2) is 23.5 Å². The average Bonchev–Trinajstić information content (AvgIpc) is 2.78. The predicted octanol–water partition coefficient (Wildman–Crippen LogP) is 2.82. The molecule has 1 aromatic carbocycles. The van der Waals surface area contributed by atoms with Gasteiger partial charge in [-0.3, -0.25) is 9.59 Å². The summed E-state index contributed by atoms with van der Waals surface area (Å²) < 4.78 is 10.8. The van der Waals surface area contributed by atoms with Crippen LogP contribution in [0.25, 0.3) is 11.0 Å². The molecule has 0 spiro atoms. The van der Waals surface area contributed by atoms with Gasteiger partial charge in [-0.15, -0.1) is 0 Å². The van der Waals surface area contributed by atoms with Crippen molar-refractivity contribution < 1.29 is 18.7 Å². The number of carbonyl (C=O) groups is 2. The van der Waals surface area contributed by atoms with Crippen molar-refractivity contribution in [2.75, 3.05) is 0 Å². The number of rotatable bonds is 5. The molecule has 1 amide bonds. The van der Waals surface area contributed by atoms with Crippen LogP contribution >= 0.6 is 0 Å². The Morgan fingerprint density at radius 2 is 2.00 bits per heavy atom. The van der Waals surface area contributed by atoms with Crippen LogP contribution in [0.5, 0.6) is 0 Å². The van der Waals surface area contributed by atoms with Gasteiger partial charge in [0.15, 0.2) is 5.60 Å². The molecule has 0 aliphatic carbocycles. The maximum Gasteiger partial charge on any atom is 0.303 e. The highest BCUT2D eigenvalue weighted by molar-refractivity contribution is 5.87. The van der Waals surface area contributed by atoms with Gasteiger partial charge in [-0.1, -0.05) is 18.2 Å². The van der Waals surface area contributed by atoms with Gasteiger partial charge in [-0.05, 0) is 32.9 Å². The van der Waals surface area contributed by atoms with Crippen molar-refractivity contribution in [3.05, 3.63) is 36.1 Å². The smallest absolute Gasteiger partial charge is 0.303 e. The Labute approximate surface area is 129 Å². The molecule has 1 N–H and O–H groups in total. The molecule has 5 heteroatoms. The number of furan rings is 1. The van der Waals surface area contributed by atoms with Crippen LogP contribution in [0.2, 0.25) is 0 Å². The molecule has 0 aliphatic rings. The van der Waals surface area contributed by atoms with E-state index >= 15 is 0 Å². The zero-order valence-corrected chi connectivity index (χ0v) is 13.3. The maximum absolute atomic E-state index is 12.2. The van der Waals surface area contributed by atoms with Crippen molar-refractivity contribution in [1.82, 2.24) is 5.32 Å². The second-order valence-corrected chi connectivity index (χ2v) is 5.93. The molecule has 0 bridgehead atoms. The van der Waals surface area contributed by atoms with Crippen LogP contribution in [0.3, 0.4) is 0 Å². The Balaban J connectivity index is 1.98. The first-order valence-corrected chi connectivity index (χ1v) is 7.26. The van der Waals surface area contributed by atoms with E-state index < -0.39 is 11.6 Å². The van der Waals surface area contributed by atoms with E-state index in [1.165, 1.54) is 6.92 Å². The van der Waals surface area contributed by atoms with E-state index in [1.54, 1.807) is 13.8 Å². The van der Waals surface area contributed by atoms with E-state index in [1.807, 2.05) is 37.3 Å². The number of fused-ring (bicyclic) bond motifs is 1. The number of ether oxygens (including phenoxy) is 1. The molecule has 0 saturated heterocycles. The monoisotopic (exact) mass is 303 g/mol. The number of benzene rings is 1. The zero-order chi connectivity index (χ0) is 16.3. The highest BCUT2D eigenvalue weighted by Gasteiger charge is 2.31. The van der Waals surface area contributed by atoms with E-state index in [0.29, 0.717) is 6.42 Å². The van der Waals surface area contributed by atoms with Crippen molar-refractivity contribution >= 4 is 22.8 Å². The third-order valence-corrected chi connectivity index (χ3v) is 3.31. The summed E-state index contributed by atoms with van der Waals surface area (Å²) >= 11 is 0. The van der Waals surface area contributed by atoms with Crippen molar-refractivity contribution in [2.45, 2.75) is 45.8 Å². The largest absolute Gasteiger partial charge is 0.461 e. The molecule has 2 rings (SSSR count). The van der Waals surface area contributed by atoms with Gasteiger partial charge >= 0.3 is 5.97 Å². The van der Waals surface area contributed by atoms with E-state index in [2.05, 4.69) is 5.32 Å². The Kier molecular flexibility index (Phi) is 4.54. The summed E-state index contributed by atoms with van der Waals surface area (Å²) in [5.41, 5.74) is -0.357. The van der Waals surface area contributed by atoms with E-state index in [9.17, 15) is 9.59 Å². The van der Waals surface area contributed by atoms with E-state index in [-0.39, 0.29) is 11.9 Å². The Hall–Kier alpha value is -2.30. The number of carbonyl (C=O) groups excluding carboxylic acids is 2. The minimum absolute atomic E-state index is 0.136. The van der Waals surface area contributed by atoms with Crippen molar-refractivity contribution in [3.63, 3.8) is 0 Å². The lowest BCUT2D eigenvalue weighted by Crippen LogP contribution is -2.48. The van der Waals surface area contributed by atoms with Gasteiger partial charge < -0.3 is 14.5 Å². The molecule has 0 saturated carbocycles. The SMILES string of the molecule is CC(=O)OC(C)(C)C(=O)NC(C)Cc1cc2ccccc2o1. The van der Waals surface area contributed by atoms with Gasteiger partial charge in [0.05, 0.1) is 0 Å². The van der Waals surface area contributed by atoms with Crippen molar-refractivity contribution in [2.24, 2.45) is 0 Å². The lowest BCUT2D eigenvalue weighted by molar-refractivity contribution is -0.163. The first-order chi connectivity index (χ1) is 10.3. The zero-order valence-electron chi connectivity index (χ0n) is 13.3. The number of hydrogen-bond acceptors (Lipinski definition) is 4. The van der Waals surface area contributed by atoms with Crippen LogP contribution in [-0.2, 0) is 20.7 Å². The third kappa shape index (κ3) is 3.87. The van der Waals surface area contributed by atoms with Crippen LogP contribution in [0.4, 0.5) is 0 Å².